The number of nitrogens with one attached hydrogen (secondary N) is 3. The lowest BCUT2D eigenvalue weighted by Gasteiger charge is -2.47. The van der Waals surface area contributed by atoms with Crippen molar-refractivity contribution >= 4 is 30.2 Å². The lowest BCUT2D eigenvalue weighted by Crippen LogP contribution is -2.65. The third kappa shape index (κ3) is 26.9. The van der Waals surface area contributed by atoms with Crippen molar-refractivity contribution in [1.82, 2.24) is 16.1 Å². The van der Waals surface area contributed by atoms with Crippen LogP contribution in [0.2, 0.25) is 0 Å². The number of nitrogens with two attached hydrogens (primary N) is 2. The van der Waals surface area contributed by atoms with Gasteiger partial charge in [0.2, 0.25) is 0 Å². The zero-order chi connectivity index (χ0) is 62.4. The zero-order valence-corrected chi connectivity index (χ0v) is 48.3. The second-order valence-corrected chi connectivity index (χ2v) is 20.7. The number of fused-ring (bicyclic) bond motifs is 2. The number of cyclic esters (lactones) is 1. The summed E-state index contributed by atoms with van der Waals surface area (Å²) in [6, 6.07) is -3.85. The molecule has 0 aliphatic carbocycles. The predicted molar refractivity (Wildman–Crippen MR) is 304 cm³/mol. The molecule has 0 aromatic rings. The Hall–Kier alpha value is -6.05. The molecule has 2 fully saturated rings. The van der Waals surface area contributed by atoms with Crippen LogP contribution in [0.3, 0.4) is 0 Å². The Morgan fingerprint density at radius 3 is 2.00 bits per heavy atom. The molecule has 84 heavy (non-hydrogen) atoms. The minimum absolute atomic E-state index is 0.0251. The number of carbonyl (C=O) groups is 4. The number of hydroxylamine groups is 1. The average Bonchev–Trinajstić information content (AvgIpc) is 3.43. The first-order chi connectivity index (χ1) is 39.9. The van der Waals surface area contributed by atoms with E-state index in [0.717, 1.165) is 0 Å². The van der Waals surface area contributed by atoms with Gasteiger partial charge in [-0.25, -0.2) is 19.9 Å². The lowest BCUT2D eigenvalue weighted by molar-refractivity contribution is -0.303. The number of aliphatic imine (C=N–C) groups is 1. The molecule has 2 bridgehead atoms. The molecule has 0 aromatic carbocycles. The van der Waals surface area contributed by atoms with Gasteiger partial charge < -0.3 is 101 Å². The number of hydrogen-bond acceptors (Lipinski definition) is 22. The number of nitrogens with zero attached hydrogens (tertiary/aromatic N) is 1. The SMILES string of the molecule is C=CCOC(=O)O[C@H]1C[C@@]2(O)C[C@@H](O)C[C@@H](O)[C@H](O)CC[C@@H](O)C[C@@H](O)CC(=O)O[C@@H](C)[C@H](C)[C@H](O)[C@@H](C)/C=C/C=C/C=C/C=C/C=C/C=C/C=C/[C@H](O[C@@H]3O[C@H](C)[C@@H](O)[C@H](NC(=O)OCC)[C@@H]3O)C[C@H](O2)[C@@H]1NC(=O)NOCCN=C(N)N. The normalized spacial score (nSPS) is 37.4. The van der Waals surface area contributed by atoms with Gasteiger partial charge in [0.25, 0.3) is 0 Å². The number of urea groups is 1. The fourth-order valence-electron chi connectivity index (χ4n) is 9.17. The van der Waals surface area contributed by atoms with Gasteiger partial charge in [-0.2, -0.15) is 0 Å². The Balaban J connectivity index is 2.11. The van der Waals surface area contributed by atoms with Crippen molar-refractivity contribution in [3.8, 4) is 0 Å². The number of carbonyl (C=O) groups excluding carboxylic acids is 4. The molecule has 27 heteroatoms. The summed E-state index contributed by atoms with van der Waals surface area (Å²) in [6.07, 6.45) is 0.199. The van der Waals surface area contributed by atoms with E-state index < -0.39 is 166 Å². The van der Waals surface area contributed by atoms with Gasteiger partial charge in [0, 0.05) is 37.5 Å². The van der Waals surface area contributed by atoms with E-state index in [1.807, 2.05) is 6.92 Å². The van der Waals surface area contributed by atoms with Crippen LogP contribution < -0.4 is 27.6 Å². The molecule has 3 aliphatic heterocycles. The monoisotopic (exact) mass is 1190 g/mol. The van der Waals surface area contributed by atoms with Crippen molar-refractivity contribution in [2.75, 3.05) is 26.4 Å². The second kappa shape index (κ2) is 38.1. The van der Waals surface area contributed by atoms with Crippen molar-refractivity contribution in [1.29, 1.82) is 0 Å². The molecule has 3 heterocycles. The Morgan fingerprint density at radius 2 is 1.38 bits per heavy atom. The standard InChI is InChI=1S/C57H90N6O21/c1-7-26-78-56(75)83-45-33-57(76)32-40(66)29-43(68)42(67)24-23-38(64)28-39(65)30-46(69)80-36(5)35(4)49(70)34(3)21-19-17-15-13-11-9-10-12-14-16-18-20-22-41(31-44(84-57)47(45)61-54(73)63-79-27-25-60-53(58)59)82-52-51(72)48(50(71)37(6)81-52)62-55(74)77-8-2/h7,9-22,34-45,47-52,64-68,70-72,76H,1,8,23-33H2,2-6H3,(H,62,74)(H4,58,59,60)(H2,61,63,73)/b10-9+,13-11+,14-12+,17-15+,18-16+,21-19+,22-20+/t34-,35-,36-,37+,38+,39+,40-,41-,42+,43+,44-,45-,47-,48-,49+,50+,51-,52-,57+/m0/s1. The number of guanidine groups is 1. The summed E-state index contributed by atoms with van der Waals surface area (Å²) in [5.74, 6) is -4.29. The molecule has 474 valence electrons. The van der Waals surface area contributed by atoms with Gasteiger partial charge in [-0.3, -0.25) is 14.6 Å². The van der Waals surface area contributed by atoms with E-state index in [1.165, 1.54) is 19.1 Å². The highest BCUT2D eigenvalue weighted by Gasteiger charge is 2.51. The van der Waals surface area contributed by atoms with Crippen LogP contribution >= 0.6 is 0 Å². The van der Waals surface area contributed by atoms with E-state index >= 15 is 0 Å². The molecule has 0 radical (unpaired) electrons. The van der Waals surface area contributed by atoms with Gasteiger partial charge in [-0.15, -0.1) is 0 Å². The summed E-state index contributed by atoms with van der Waals surface area (Å²) in [4.78, 5) is 61.1. The number of ether oxygens (including phenoxy) is 7. The number of aliphatic hydroxyl groups is 9. The molecule has 0 unspecified atom stereocenters. The number of aliphatic hydroxyl groups excluding tert-OH is 8. The molecule has 0 saturated carbocycles. The van der Waals surface area contributed by atoms with Gasteiger partial charge >= 0.3 is 24.2 Å². The first-order valence-electron chi connectivity index (χ1n) is 28.0. The number of rotatable bonds is 12. The molecule has 2 saturated heterocycles. The van der Waals surface area contributed by atoms with Crippen LogP contribution in [0.4, 0.5) is 14.4 Å². The maximum Gasteiger partial charge on any atom is 0.508 e. The highest BCUT2D eigenvalue weighted by Crippen LogP contribution is 2.37. The Bertz CT molecular complexity index is 2260. The first kappa shape index (κ1) is 72.2. The summed E-state index contributed by atoms with van der Waals surface area (Å²) in [5, 5.41) is 106. The van der Waals surface area contributed by atoms with E-state index in [4.69, 9.17) is 49.5 Å². The molecule has 3 aliphatic rings. The number of alkyl carbamates (subject to hydrolysis) is 1. The van der Waals surface area contributed by atoms with E-state index in [9.17, 15) is 65.1 Å². The van der Waals surface area contributed by atoms with Crippen LogP contribution in [0.25, 0.3) is 0 Å². The highest BCUT2D eigenvalue weighted by molar-refractivity contribution is 5.75. The van der Waals surface area contributed by atoms with Crippen LogP contribution in [-0.2, 0) is 42.8 Å². The Labute approximate surface area is 490 Å². The molecule has 3 amide bonds. The van der Waals surface area contributed by atoms with Crippen LogP contribution in [-0.4, -0.2) is 206 Å². The minimum Gasteiger partial charge on any atom is -0.462 e. The first-order valence-corrected chi connectivity index (χ1v) is 28.0. The summed E-state index contributed by atoms with van der Waals surface area (Å²) >= 11 is 0. The molecule has 0 aromatic heterocycles. The summed E-state index contributed by atoms with van der Waals surface area (Å²) in [5.41, 5.74) is 12.9. The van der Waals surface area contributed by atoms with E-state index in [-0.39, 0.29) is 57.5 Å². The number of amides is 3. The largest absolute Gasteiger partial charge is 0.508 e. The summed E-state index contributed by atoms with van der Waals surface area (Å²) in [6.45, 7) is 11.1. The van der Waals surface area contributed by atoms with Crippen molar-refractivity contribution in [2.24, 2.45) is 28.3 Å². The zero-order valence-electron chi connectivity index (χ0n) is 48.3. The van der Waals surface area contributed by atoms with E-state index in [1.54, 1.807) is 99.8 Å². The quantitative estimate of drug-likeness (QED) is 0.0247. The molecular weight excluding hydrogens is 1100 g/mol. The predicted octanol–water partition coefficient (Wildman–Crippen LogP) is 1.02. The minimum atomic E-state index is -2.48. The number of esters is 1. The Morgan fingerprint density at radius 1 is 0.750 bits per heavy atom. The maximum absolute atomic E-state index is 13.6. The molecule has 19 atom stereocenters. The average molecular weight is 1200 g/mol. The highest BCUT2D eigenvalue weighted by atomic mass is 16.7. The van der Waals surface area contributed by atoms with Crippen LogP contribution in [0.5, 0.6) is 0 Å². The van der Waals surface area contributed by atoms with Gasteiger partial charge in [0.05, 0.1) is 93.2 Å². The second-order valence-electron chi connectivity index (χ2n) is 20.7. The third-order valence-corrected chi connectivity index (χ3v) is 13.7. The molecule has 27 nitrogen and oxygen atoms in total. The van der Waals surface area contributed by atoms with Crippen LogP contribution in [0, 0.1) is 11.8 Å². The van der Waals surface area contributed by atoms with Gasteiger partial charge in [0.1, 0.15) is 31.0 Å². The topological polar surface area (TPSA) is 425 Å². The third-order valence-electron chi connectivity index (χ3n) is 13.7. The molecule has 3 rings (SSSR count). The van der Waals surface area contributed by atoms with E-state index in [0.29, 0.717) is 0 Å². The van der Waals surface area contributed by atoms with E-state index in [2.05, 4.69) is 27.7 Å². The fraction of sp³-hybridized carbons (Fsp3) is 0.632. The fourth-order valence-corrected chi connectivity index (χ4v) is 9.17. The number of allylic oxidation sites excluding steroid dienone is 12. The lowest BCUT2D eigenvalue weighted by atomic mass is 9.86. The van der Waals surface area contributed by atoms with Crippen molar-refractivity contribution in [3.05, 3.63) is 97.7 Å². The Kier molecular flexibility index (Phi) is 32.7. The summed E-state index contributed by atoms with van der Waals surface area (Å²) in [7, 11) is 0. The summed E-state index contributed by atoms with van der Waals surface area (Å²) < 4.78 is 39.9. The van der Waals surface area contributed by atoms with Crippen molar-refractivity contribution < 1.29 is 103 Å². The van der Waals surface area contributed by atoms with Crippen LogP contribution in [0.15, 0.2) is 103 Å². The van der Waals surface area contributed by atoms with Crippen molar-refractivity contribution in [3.63, 3.8) is 0 Å². The van der Waals surface area contributed by atoms with Crippen molar-refractivity contribution in [2.45, 2.75) is 189 Å². The van der Waals surface area contributed by atoms with Crippen LogP contribution in [0.1, 0.15) is 86.0 Å². The molecule has 16 N–H and O–H groups in total. The van der Waals surface area contributed by atoms with Gasteiger partial charge in [0.15, 0.2) is 18.0 Å². The maximum atomic E-state index is 13.6. The molecule has 0 spiro atoms. The number of hydrogen-bond donors (Lipinski definition) is 14. The smallest absolute Gasteiger partial charge is 0.462 e. The molecular formula is C57H90N6O21. The van der Waals surface area contributed by atoms with Gasteiger partial charge in [-0.1, -0.05) is 112 Å². The van der Waals surface area contributed by atoms with Gasteiger partial charge in [-0.05, 0) is 40.0 Å².